The second-order valence-corrected chi connectivity index (χ2v) is 7.34. The second-order valence-electron chi connectivity index (χ2n) is 6.49. The third-order valence-corrected chi connectivity index (χ3v) is 4.96. The van der Waals surface area contributed by atoms with Crippen molar-refractivity contribution in [2.24, 2.45) is 0 Å². The van der Waals surface area contributed by atoms with E-state index in [4.69, 9.17) is 0 Å². The molecule has 0 spiro atoms. The number of amides is 2. The van der Waals surface area contributed by atoms with E-state index < -0.39 is 0 Å². The van der Waals surface area contributed by atoms with E-state index in [1.807, 2.05) is 36.2 Å². The molecule has 0 saturated carbocycles. The summed E-state index contributed by atoms with van der Waals surface area (Å²) in [5.41, 5.74) is 0.755. The van der Waals surface area contributed by atoms with E-state index >= 15 is 0 Å². The van der Waals surface area contributed by atoms with Crippen LogP contribution in [0.3, 0.4) is 0 Å². The fourth-order valence-electron chi connectivity index (χ4n) is 2.96. The Morgan fingerprint density at radius 3 is 2.38 bits per heavy atom. The van der Waals surface area contributed by atoms with Gasteiger partial charge in [0.15, 0.2) is 13.1 Å². The number of likely N-dealkylation sites (tertiary alicyclic amines) is 1. The number of nitrogens with one attached hydrogen (secondary N) is 2. The highest BCUT2D eigenvalue weighted by Crippen LogP contribution is 2.20. The molecule has 1 aromatic carbocycles. The molecule has 5 nitrogen and oxygen atoms in total. The highest BCUT2D eigenvalue weighted by atomic mass is 79.9. The number of likely N-dealkylation sites (N-methyl/N-ethyl adjacent to an activating group) is 1. The fraction of sp³-hybridized carbons (Fsp3) is 0.556. The molecule has 1 fully saturated rings. The SMILES string of the molecule is C[NH+](CC(=O)Nc1ccccc1Br)CC(=O)N1CCCCCCC1. The van der Waals surface area contributed by atoms with Gasteiger partial charge in [-0.3, -0.25) is 9.59 Å². The molecule has 6 heteroatoms. The van der Waals surface area contributed by atoms with Gasteiger partial charge in [0.1, 0.15) is 0 Å². The first-order valence-corrected chi connectivity index (χ1v) is 9.49. The van der Waals surface area contributed by atoms with Crippen LogP contribution in [0.4, 0.5) is 5.69 Å². The lowest BCUT2D eigenvalue weighted by molar-refractivity contribution is -0.862. The van der Waals surface area contributed by atoms with Crippen LogP contribution in [0.1, 0.15) is 32.1 Å². The molecule has 2 N–H and O–H groups in total. The van der Waals surface area contributed by atoms with Crippen molar-refractivity contribution < 1.29 is 14.5 Å². The van der Waals surface area contributed by atoms with Gasteiger partial charge < -0.3 is 15.1 Å². The Balaban J connectivity index is 1.79. The van der Waals surface area contributed by atoms with Gasteiger partial charge in [0.2, 0.25) is 0 Å². The minimum Gasteiger partial charge on any atom is -0.338 e. The first kappa shape index (κ1) is 18.9. The van der Waals surface area contributed by atoms with Gasteiger partial charge in [0, 0.05) is 17.6 Å². The Hall–Kier alpha value is -1.40. The Kier molecular flexibility index (Phi) is 7.72. The van der Waals surface area contributed by atoms with Gasteiger partial charge in [-0.1, -0.05) is 31.4 Å². The zero-order chi connectivity index (χ0) is 17.4. The molecule has 1 aliphatic rings. The van der Waals surface area contributed by atoms with Gasteiger partial charge in [0.25, 0.3) is 11.8 Å². The summed E-state index contributed by atoms with van der Waals surface area (Å²) in [6.07, 6.45) is 5.88. The molecule has 1 unspecified atom stereocenters. The van der Waals surface area contributed by atoms with Crippen molar-refractivity contribution in [3.8, 4) is 0 Å². The van der Waals surface area contributed by atoms with Crippen molar-refractivity contribution in [2.45, 2.75) is 32.1 Å². The van der Waals surface area contributed by atoms with Gasteiger partial charge in [-0.2, -0.15) is 0 Å². The quantitative estimate of drug-likeness (QED) is 0.795. The largest absolute Gasteiger partial charge is 0.338 e. The summed E-state index contributed by atoms with van der Waals surface area (Å²) in [5, 5.41) is 2.88. The third kappa shape index (κ3) is 6.24. The number of carbonyl (C=O) groups excluding carboxylic acids is 2. The maximum Gasteiger partial charge on any atom is 0.279 e. The van der Waals surface area contributed by atoms with E-state index in [1.54, 1.807) is 0 Å². The number of rotatable bonds is 5. The predicted molar refractivity (Wildman–Crippen MR) is 99.1 cm³/mol. The van der Waals surface area contributed by atoms with Crippen molar-refractivity contribution in [3.63, 3.8) is 0 Å². The Morgan fingerprint density at radius 2 is 1.71 bits per heavy atom. The zero-order valence-electron chi connectivity index (χ0n) is 14.3. The van der Waals surface area contributed by atoms with Crippen LogP contribution in [0.15, 0.2) is 28.7 Å². The van der Waals surface area contributed by atoms with Gasteiger partial charge in [-0.25, -0.2) is 0 Å². The van der Waals surface area contributed by atoms with Crippen molar-refractivity contribution in [3.05, 3.63) is 28.7 Å². The number of para-hydroxylation sites is 1. The molecule has 2 rings (SSSR count). The minimum absolute atomic E-state index is 0.0835. The number of hydrogen-bond donors (Lipinski definition) is 2. The Morgan fingerprint density at radius 1 is 1.08 bits per heavy atom. The van der Waals surface area contributed by atoms with E-state index in [0.29, 0.717) is 6.54 Å². The summed E-state index contributed by atoms with van der Waals surface area (Å²) < 4.78 is 0.854. The molecule has 0 bridgehead atoms. The van der Waals surface area contributed by atoms with Crippen LogP contribution in [-0.4, -0.2) is 49.9 Å². The first-order valence-electron chi connectivity index (χ1n) is 8.69. The number of hydrogen-bond acceptors (Lipinski definition) is 2. The highest BCUT2D eigenvalue weighted by Gasteiger charge is 2.20. The molecule has 0 aliphatic carbocycles. The predicted octanol–water partition coefficient (Wildman–Crippen LogP) is 1.69. The lowest BCUT2D eigenvalue weighted by Crippen LogP contribution is -3.11. The maximum absolute atomic E-state index is 12.4. The summed E-state index contributed by atoms with van der Waals surface area (Å²) in [4.78, 5) is 27.5. The lowest BCUT2D eigenvalue weighted by atomic mass is 10.1. The zero-order valence-corrected chi connectivity index (χ0v) is 15.9. The summed E-state index contributed by atoms with van der Waals surface area (Å²) >= 11 is 3.41. The molecule has 0 aromatic heterocycles. The number of benzene rings is 1. The number of nitrogens with zero attached hydrogens (tertiary/aromatic N) is 1. The summed E-state index contributed by atoms with van der Waals surface area (Å²) in [6, 6.07) is 7.52. The van der Waals surface area contributed by atoms with Crippen LogP contribution in [0.25, 0.3) is 0 Å². The number of anilines is 1. The van der Waals surface area contributed by atoms with Gasteiger partial charge in [0.05, 0.1) is 12.7 Å². The van der Waals surface area contributed by atoms with Gasteiger partial charge in [-0.15, -0.1) is 0 Å². The van der Waals surface area contributed by atoms with Crippen molar-refractivity contribution in [2.75, 3.05) is 38.5 Å². The smallest absolute Gasteiger partial charge is 0.279 e. The highest BCUT2D eigenvalue weighted by molar-refractivity contribution is 9.10. The molecule has 1 saturated heterocycles. The van der Waals surface area contributed by atoms with Crippen LogP contribution in [-0.2, 0) is 9.59 Å². The van der Waals surface area contributed by atoms with Crippen molar-refractivity contribution >= 4 is 33.4 Å². The molecule has 2 amide bonds. The van der Waals surface area contributed by atoms with E-state index in [9.17, 15) is 9.59 Å². The standard InChI is InChI=1S/C18H26BrN3O2/c1-21(13-17(23)20-16-10-6-5-9-15(16)19)14-18(24)22-11-7-3-2-4-8-12-22/h5-6,9-10H,2-4,7-8,11-14H2,1H3,(H,20,23)/p+1. The summed E-state index contributed by atoms with van der Waals surface area (Å²) in [7, 11) is 1.89. The molecule has 1 aromatic rings. The summed E-state index contributed by atoms with van der Waals surface area (Å²) in [6.45, 7) is 2.36. The fourth-order valence-corrected chi connectivity index (χ4v) is 3.34. The molecule has 1 heterocycles. The molecule has 24 heavy (non-hydrogen) atoms. The maximum atomic E-state index is 12.4. The molecule has 1 aliphatic heterocycles. The van der Waals surface area contributed by atoms with Gasteiger partial charge >= 0.3 is 0 Å². The monoisotopic (exact) mass is 396 g/mol. The average Bonchev–Trinajstić information content (AvgIpc) is 2.48. The van der Waals surface area contributed by atoms with E-state index in [0.717, 1.165) is 41.0 Å². The van der Waals surface area contributed by atoms with Crippen LogP contribution < -0.4 is 10.2 Å². The number of carbonyl (C=O) groups is 2. The van der Waals surface area contributed by atoms with Crippen LogP contribution >= 0.6 is 15.9 Å². The third-order valence-electron chi connectivity index (χ3n) is 4.27. The first-order chi connectivity index (χ1) is 11.6. The minimum atomic E-state index is -0.0835. The van der Waals surface area contributed by atoms with E-state index in [2.05, 4.69) is 21.2 Å². The Bertz CT molecular complexity index is 557. The van der Waals surface area contributed by atoms with Crippen LogP contribution in [0.2, 0.25) is 0 Å². The van der Waals surface area contributed by atoms with Crippen molar-refractivity contribution in [1.82, 2.24) is 4.90 Å². The number of halogens is 1. The molecule has 0 radical (unpaired) electrons. The number of quaternary nitrogens is 1. The molecular formula is C18H27BrN3O2+. The summed E-state index contributed by atoms with van der Waals surface area (Å²) in [5.74, 6) is 0.0722. The lowest BCUT2D eigenvalue weighted by Gasteiger charge is -2.25. The van der Waals surface area contributed by atoms with Crippen LogP contribution in [0.5, 0.6) is 0 Å². The Labute approximate surface area is 152 Å². The topological polar surface area (TPSA) is 53.9 Å². The normalized spacial score (nSPS) is 16.8. The van der Waals surface area contributed by atoms with Crippen molar-refractivity contribution in [1.29, 1.82) is 0 Å². The van der Waals surface area contributed by atoms with Gasteiger partial charge in [-0.05, 0) is 40.9 Å². The van der Waals surface area contributed by atoms with E-state index in [1.165, 1.54) is 19.3 Å². The molecule has 132 valence electrons. The molecular weight excluding hydrogens is 370 g/mol. The second kappa shape index (κ2) is 9.79. The average molecular weight is 397 g/mol. The van der Waals surface area contributed by atoms with E-state index in [-0.39, 0.29) is 18.4 Å². The van der Waals surface area contributed by atoms with Crippen LogP contribution in [0, 0.1) is 0 Å². The molecule has 1 atom stereocenters.